The Hall–Kier alpha value is -1.25. The molecule has 0 amide bonds. The van der Waals surface area contributed by atoms with Gasteiger partial charge in [-0.1, -0.05) is 6.92 Å². The number of hydrogen-bond acceptors (Lipinski definition) is 7. The highest BCUT2D eigenvalue weighted by Crippen LogP contribution is 2.74. The fraction of sp³-hybridized carbons (Fsp3) is 0.800. The molecular formula is C25H34O7. The van der Waals surface area contributed by atoms with Gasteiger partial charge in [0.15, 0.2) is 6.29 Å². The van der Waals surface area contributed by atoms with Crippen molar-refractivity contribution in [2.75, 3.05) is 7.11 Å². The lowest BCUT2D eigenvalue weighted by atomic mass is 9.41. The predicted octanol–water partition coefficient (Wildman–Crippen LogP) is 2.32. The molecular weight excluding hydrogens is 412 g/mol. The summed E-state index contributed by atoms with van der Waals surface area (Å²) in [7, 11) is 1.64. The molecule has 1 saturated heterocycles. The first-order chi connectivity index (χ1) is 15.2. The molecule has 10 unspecified atom stereocenters. The van der Waals surface area contributed by atoms with E-state index in [1.54, 1.807) is 13.4 Å². The third-order valence-electron chi connectivity index (χ3n) is 10.5. The summed E-state index contributed by atoms with van der Waals surface area (Å²) in [5.74, 6) is 0.0415. The first-order valence-electron chi connectivity index (χ1n) is 12.1. The minimum Gasteiger partial charge on any atom is -0.431 e. The topological polar surface area (TPSA) is 109 Å². The van der Waals surface area contributed by atoms with Crippen LogP contribution in [0.1, 0.15) is 69.8 Å². The molecule has 7 nitrogen and oxygen atoms in total. The van der Waals surface area contributed by atoms with Crippen molar-refractivity contribution in [3.8, 4) is 0 Å². The van der Waals surface area contributed by atoms with Gasteiger partial charge < -0.3 is 29.2 Å². The summed E-state index contributed by atoms with van der Waals surface area (Å²) in [5, 5.41) is 34.6. The summed E-state index contributed by atoms with van der Waals surface area (Å²) in [4.78, 5) is 11.5. The molecule has 2 heterocycles. The molecule has 1 aliphatic heterocycles. The zero-order valence-corrected chi connectivity index (χ0v) is 18.8. The molecule has 3 N–H and O–H groups in total. The van der Waals surface area contributed by atoms with Gasteiger partial charge in [-0.15, -0.1) is 0 Å². The van der Waals surface area contributed by atoms with Gasteiger partial charge in [0, 0.05) is 30.9 Å². The van der Waals surface area contributed by atoms with Crippen LogP contribution >= 0.6 is 0 Å². The van der Waals surface area contributed by atoms with Gasteiger partial charge in [-0.3, -0.25) is 0 Å². The van der Waals surface area contributed by atoms with Crippen LogP contribution in [-0.4, -0.2) is 52.1 Å². The number of hydrogen-bond donors (Lipinski definition) is 3. The lowest BCUT2D eigenvalue weighted by Gasteiger charge is -2.65. The van der Waals surface area contributed by atoms with Crippen molar-refractivity contribution in [1.82, 2.24) is 0 Å². The van der Waals surface area contributed by atoms with Crippen LogP contribution in [0, 0.1) is 22.7 Å². The lowest BCUT2D eigenvalue weighted by molar-refractivity contribution is -0.273. The highest BCUT2D eigenvalue weighted by atomic mass is 16.7. The molecule has 1 aromatic heterocycles. The van der Waals surface area contributed by atoms with Crippen LogP contribution in [0.5, 0.6) is 0 Å². The van der Waals surface area contributed by atoms with Crippen molar-refractivity contribution in [1.29, 1.82) is 0 Å². The second kappa shape index (κ2) is 6.66. The van der Waals surface area contributed by atoms with Gasteiger partial charge in [0.25, 0.3) is 0 Å². The molecule has 0 aromatic carbocycles. The molecule has 4 aliphatic carbocycles. The molecule has 5 aliphatic rings. The molecule has 1 aromatic rings. The van der Waals surface area contributed by atoms with Crippen LogP contribution in [0.25, 0.3) is 0 Å². The predicted molar refractivity (Wildman–Crippen MR) is 114 cm³/mol. The molecule has 10 atom stereocenters. The first-order valence-corrected chi connectivity index (χ1v) is 12.1. The van der Waals surface area contributed by atoms with Crippen LogP contribution in [0.4, 0.5) is 0 Å². The average Bonchev–Trinajstić information content (AvgIpc) is 3.21. The van der Waals surface area contributed by atoms with Gasteiger partial charge >= 0.3 is 5.63 Å². The molecule has 6 rings (SSSR count). The maximum absolute atomic E-state index is 12.4. The van der Waals surface area contributed by atoms with Gasteiger partial charge in [0.05, 0.1) is 35.1 Å². The smallest absolute Gasteiger partial charge is 0.335 e. The van der Waals surface area contributed by atoms with E-state index in [4.69, 9.17) is 13.9 Å². The third-order valence-corrected chi connectivity index (χ3v) is 10.5. The summed E-state index contributed by atoms with van der Waals surface area (Å²) in [6.45, 7) is 2.16. The monoisotopic (exact) mass is 446 g/mol. The van der Waals surface area contributed by atoms with E-state index in [1.165, 1.54) is 6.07 Å². The van der Waals surface area contributed by atoms with Crippen molar-refractivity contribution in [3.63, 3.8) is 0 Å². The summed E-state index contributed by atoms with van der Waals surface area (Å²) in [6.07, 6.45) is 5.35. The molecule has 0 radical (unpaired) electrons. The van der Waals surface area contributed by atoms with E-state index in [0.717, 1.165) is 12.0 Å². The minimum atomic E-state index is -1.05. The molecule has 5 fully saturated rings. The largest absolute Gasteiger partial charge is 0.431 e. The average molecular weight is 447 g/mol. The molecule has 7 heteroatoms. The van der Waals surface area contributed by atoms with Gasteiger partial charge in [0.1, 0.15) is 0 Å². The number of fused-ring (bicyclic) bond motifs is 2. The Kier molecular flexibility index (Phi) is 4.43. The van der Waals surface area contributed by atoms with Crippen molar-refractivity contribution in [2.24, 2.45) is 22.7 Å². The number of ether oxygens (including phenoxy) is 2. The highest BCUT2D eigenvalue weighted by Gasteiger charge is 2.78. The van der Waals surface area contributed by atoms with Crippen LogP contribution in [0.15, 0.2) is 27.6 Å². The number of aliphatic hydroxyl groups is 3. The summed E-state index contributed by atoms with van der Waals surface area (Å²) >= 11 is 0. The van der Waals surface area contributed by atoms with Crippen LogP contribution < -0.4 is 5.63 Å². The number of aliphatic hydroxyl groups excluding tert-OH is 1. The van der Waals surface area contributed by atoms with Crippen LogP contribution in [0.3, 0.4) is 0 Å². The maximum atomic E-state index is 12.4. The van der Waals surface area contributed by atoms with E-state index in [-0.39, 0.29) is 29.5 Å². The Labute approximate surface area is 187 Å². The Balaban J connectivity index is 1.45. The lowest BCUT2D eigenvalue weighted by Crippen LogP contribution is -2.70. The maximum Gasteiger partial charge on any atom is 0.335 e. The zero-order valence-electron chi connectivity index (χ0n) is 18.8. The molecule has 176 valence electrons. The third kappa shape index (κ3) is 2.37. The standard InChI is InChI=1S/C25H34O7/c1-22-12-18-20-17(25(22,29)10-7-16(22)14-3-4-19(27)31-13-14)6-8-23(28)11-15(26)5-9-24(20,23)21(30-2)32-18/h3-4,13,15-18,20-21,26,28-29H,5-12H2,1-2H3. The van der Waals surface area contributed by atoms with Crippen molar-refractivity contribution >= 4 is 0 Å². The molecule has 0 bridgehead atoms. The van der Waals surface area contributed by atoms with E-state index in [1.807, 2.05) is 6.07 Å². The quantitative estimate of drug-likeness (QED) is 0.640. The second-order valence-electron chi connectivity index (χ2n) is 11.4. The summed E-state index contributed by atoms with van der Waals surface area (Å²) in [6, 6.07) is 3.29. The van der Waals surface area contributed by atoms with E-state index in [2.05, 4.69) is 6.92 Å². The van der Waals surface area contributed by atoms with E-state index >= 15 is 0 Å². The van der Waals surface area contributed by atoms with Crippen LogP contribution in [-0.2, 0) is 9.47 Å². The summed E-state index contributed by atoms with van der Waals surface area (Å²) in [5.41, 5.74) is -2.41. The summed E-state index contributed by atoms with van der Waals surface area (Å²) < 4.78 is 17.6. The van der Waals surface area contributed by atoms with Crippen molar-refractivity contribution in [2.45, 2.75) is 93.9 Å². The highest BCUT2D eigenvalue weighted by molar-refractivity contribution is 5.30. The zero-order chi connectivity index (χ0) is 22.5. The Morgan fingerprint density at radius 2 is 1.91 bits per heavy atom. The van der Waals surface area contributed by atoms with Gasteiger partial charge in [-0.2, -0.15) is 0 Å². The van der Waals surface area contributed by atoms with E-state index in [9.17, 15) is 20.1 Å². The second-order valence-corrected chi connectivity index (χ2v) is 11.4. The molecule has 32 heavy (non-hydrogen) atoms. The Morgan fingerprint density at radius 1 is 1.09 bits per heavy atom. The van der Waals surface area contributed by atoms with Crippen LogP contribution in [0.2, 0.25) is 0 Å². The van der Waals surface area contributed by atoms with Gasteiger partial charge in [-0.25, -0.2) is 4.79 Å². The van der Waals surface area contributed by atoms with Crippen molar-refractivity contribution in [3.05, 3.63) is 34.4 Å². The molecule has 1 spiro atoms. The fourth-order valence-electron chi connectivity index (χ4n) is 9.21. The van der Waals surface area contributed by atoms with E-state index < -0.39 is 34.4 Å². The molecule has 4 saturated carbocycles. The fourth-order valence-corrected chi connectivity index (χ4v) is 9.21. The normalized spacial score (nSPS) is 54.0. The minimum absolute atomic E-state index is 0.00997. The number of rotatable bonds is 2. The Morgan fingerprint density at radius 3 is 2.62 bits per heavy atom. The number of methoxy groups -OCH3 is 1. The SMILES string of the molecule is COC1OC2CC3(C)C(c4ccc(=O)oc4)CCC3(O)C3CCC4(O)CC(O)CCC14C23. The van der Waals surface area contributed by atoms with E-state index in [0.29, 0.717) is 44.9 Å². The van der Waals surface area contributed by atoms with Gasteiger partial charge in [0.2, 0.25) is 0 Å². The first kappa shape index (κ1) is 21.3. The van der Waals surface area contributed by atoms with Gasteiger partial charge in [-0.05, 0) is 68.4 Å². The Bertz CT molecular complexity index is 957. The van der Waals surface area contributed by atoms with Crippen molar-refractivity contribution < 1.29 is 29.2 Å².